The number of alkyl halides is 3. The van der Waals surface area contributed by atoms with Gasteiger partial charge in [-0.15, -0.1) is 0 Å². The Hall–Kier alpha value is -3.58. The van der Waals surface area contributed by atoms with Crippen LogP contribution in [0.15, 0.2) is 54.2 Å². The molecule has 7 nitrogen and oxygen atoms in total. The molecule has 0 radical (unpaired) electrons. The first-order valence-electron chi connectivity index (χ1n) is 7.42. The minimum atomic E-state index is -4.68. The summed E-state index contributed by atoms with van der Waals surface area (Å²) in [6, 6.07) is 9.80. The number of nitriles is 1. The van der Waals surface area contributed by atoms with Gasteiger partial charge < -0.3 is 10.6 Å². The molecule has 0 saturated carbocycles. The Labute approximate surface area is 161 Å². The van der Waals surface area contributed by atoms with Gasteiger partial charge in [-0.05, 0) is 24.3 Å². The SMILES string of the molecule is N#C/C(=C/Nc1ccc(Cl)c(C(F)(F)F)c1)C(=O)Nc1ccccc1[N+](=O)[O-]. The van der Waals surface area contributed by atoms with Crippen molar-refractivity contribution in [3.8, 4) is 6.07 Å². The van der Waals surface area contributed by atoms with E-state index >= 15 is 0 Å². The monoisotopic (exact) mass is 410 g/mol. The number of nitrogens with one attached hydrogen (secondary N) is 2. The number of nitro groups is 1. The van der Waals surface area contributed by atoms with Crippen molar-refractivity contribution in [2.75, 3.05) is 10.6 Å². The van der Waals surface area contributed by atoms with Crippen molar-refractivity contribution in [1.82, 2.24) is 0 Å². The Morgan fingerprint density at radius 3 is 2.54 bits per heavy atom. The number of carbonyl (C=O) groups is 1. The lowest BCUT2D eigenvalue weighted by Gasteiger charge is -2.11. The number of nitrogens with zero attached hydrogens (tertiary/aromatic N) is 2. The summed E-state index contributed by atoms with van der Waals surface area (Å²) in [5.74, 6) is -0.977. The molecule has 0 bridgehead atoms. The van der Waals surface area contributed by atoms with Crippen molar-refractivity contribution in [3.05, 3.63) is 74.9 Å². The Kier molecular flexibility index (Phi) is 6.22. The number of anilines is 2. The highest BCUT2D eigenvalue weighted by molar-refractivity contribution is 6.31. The van der Waals surface area contributed by atoms with Gasteiger partial charge >= 0.3 is 6.18 Å². The fourth-order valence-electron chi connectivity index (χ4n) is 2.06. The lowest BCUT2D eigenvalue weighted by Crippen LogP contribution is -2.15. The van der Waals surface area contributed by atoms with Crippen molar-refractivity contribution < 1.29 is 22.9 Å². The lowest BCUT2D eigenvalue weighted by atomic mass is 10.2. The molecule has 0 atom stereocenters. The van der Waals surface area contributed by atoms with E-state index in [0.717, 1.165) is 18.3 Å². The quantitative estimate of drug-likeness (QED) is 0.321. The second kappa shape index (κ2) is 8.41. The van der Waals surface area contributed by atoms with E-state index in [1.807, 2.05) is 0 Å². The molecule has 0 saturated heterocycles. The van der Waals surface area contributed by atoms with Gasteiger partial charge in [0.2, 0.25) is 0 Å². The third kappa shape index (κ3) is 4.99. The molecule has 2 aromatic rings. The smallest absolute Gasteiger partial charge is 0.360 e. The van der Waals surface area contributed by atoms with Crippen LogP contribution in [0.4, 0.5) is 30.2 Å². The number of amides is 1. The molecule has 1 amide bonds. The number of carbonyl (C=O) groups excluding carboxylic acids is 1. The number of hydrogen-bond donors (Lipinski definition) is 2. The summed E-state index contributed by atoms with van der Waals surface area (Å²) in [5.41, 5.74) is -2.18. The van der Waals surface area contributed by atoms with Crippen molar-refractivity contribution in [2.24, 2.45) is 0 Å². The highest BCUT2D eigenvalue weighted by Crippen LogP contribution is 2.36. The minimum absolute atomic E-state index is 0.0667. The van der Waals surface area contributed by atoms with E-state index in [1.54, 1.807) is 6.07 Å². The van der Waals surface area contributed by atoms with Crippen LogP contribution in [-0.2, 0) is 11.0 Å². The summed E-state index contributed by atoms with van der Waals surface area (Å²) in [5, 5.41) is 24.2. The average molecular weight is 411 g/mol. The number of nitro benzene ring substituents is 1. The van der Waals surface area contributed by atoms with Gasteiger partial charge in [0.15, 0.2) is 0 Å². The molecule has 0 unspecified atom stereocenters. The van der Waals surface area contributed by atoms with E-state index in [9.17, 15) is 28.1 Å². The number of halogens is 4. The third-order valence-corrected chi connectivity index (χ3v) is 3.70. The molecule has 2 rings (SSSR count). The molecule has 0 heterocycles. The molecule has 2 aromatic carbocycles. The molecule has 2 N–H and O–H groups in total. The Morgan fingerprint density at radius 1 is 1.25 bits per heavy atom. The van der Waals surface area contributed by atoms with Crippen LogP contribution in [0.2, 0.25) is 5.02 Å². The zero-order chi connectivity index (χ0) is 20.9. The van der Waals surface area contributed by atoms with Gasteiger partial charge in [-0.1, -0.05) is 23.7 Å². The van der Waals surface area contributed by atoms with E-state index in [1.165, 1.54) is 24.3 Å². The van der Waals surface area contributed by atoms with Crippen molar-refractivity contribution >= 4 is 34.6 Å². The zero-order valence-electron chi connectivity index (χ0n) is 13.7. The maximum absolute atomic E-state index is 12.9. The van der Waals surface area contributed by atoms with E-state index in [2.05, 4.69) is 10.6 Å². The minimum Gasteiger partial charge on any atom is -0.360 e. The molecule has 0 aliphatic carbocycles. The standard InChI is InChI=1S/C17H10ClF3N4O3/c18-13-6-5-11(7-12(13)17(19,20)21)23-9-10(8-22)16(26)24-14-3-1-2-4-15(14)25(27)28/h1-7,9,23H,(H,24,26)/b10-9-. The van der Waals surface area contributed by atoms with E-state index in [-0.39, 0.29) is 17.1 Å². The lowest BCUT2D eigenvalue weighted by molar-refractivity contribution is -0.383. The number of para-hydroxylation sites is 2. The second-order valence-corrected chi connectivity index (χ2v) is 5.64. The highest BCUT2D eigenvalue weighted by Gasteiger charge is 2.33. The Bertz CT molecular complexity index is 1000. The van der Waals surface area contributed by atoms with Gasteiger partial charge in [-0.25, -0.2) is 0 Å². The molecule has 0 spiro atoms. The van der Waals surface area contributed by atoms with Gasteiger partial charge in [-0.2, -0.15) is 18.4 Å². The first kappa shape index (κ1) is 20.7. The zero-order valence-corrected chi connectivity index (χ0v) is 14.5. The Balaban J connectivity index is 2.22. The second-order valence-electron chi connectivity index (χ2n) is 5.23. The van der Waals surface area contributed by atoms with Crippen molar-refractivity contribution in [2.45, 2.75) is 6.18 Å². The van der Waals surface area contributed by atoms with Gasteiger partial charge in [0.25, 0.3) is 11.6 Å². The highest BCUT2D eigenvalue weighted by atomic mass is 35.5. The molecule has 0 aromatic heterocycles. The summed E-state index contributed by atoms with van der Waals surface area (Å²) in [4.78, 5) is 22.4. The van der Waals surface area contributed by atoms with Crippen LogP contribution in [0, 0.1) is 21.4 Å². The average Bonchev–Trinajstić information content (AvgIpc) is 2.62. The van der Waals surface area contributed by atoms with Gasteiger partial charge in [0, 0.05) is 18.0 Å². The molecule has 11 heteroatoms. The summed E-state index contributed by atoms with van der Waals surface area (Å²) in [6.45, 7) is 0. The fraction of sp³-hybridized carbons (Fsp3) is 0.0588. The van der Waals surface area contributed by atoms with Crippen LogP contribution in [0.3, 0.4) is 0 Å². The molecule has 0 fully saturated rings. The molecular weight excluding hydrogens is 401 g/mol. The van der Waals surface area contributed by atoms with Gasteiger partial charge in [0.05, 0.1) is 15.5 Å². The first-order chi connectivity index (χ1) is 13.1. The van der Waals surface area contributed by atoms with Gasteiger partial charge in [-0.3, -0.25) is 14.9 Å². The normalized spacial score (nSPS) is 11.5. The molecular formula is C17H10ClF3N4O3. The van der Waals surface area contributed by atoms with E-state index in [4.69, 9.17) is 16.9 Å². The molecule has 0 aliphatic heterocycles. The maximum Gasteiger partial charge on any atom is 0.417 e. The summed E-state index contributed by atoms with van der Waals surface area (Å²) >= 11 is 5.52. The topological polar surface area (TPSA) is 108 Å². The van der Waals surface area contributed by atoms with Crippen LogP contribution >= 0.6 is 11.6 Å². The first-order valence-corrected chi connectivity index (χ1v) is 7.79. The fourth-order valence-corrected chi connectivity index (χ4v) is 2.29. The third-order valence-electron chi connectivity index (χ3n) is 3.37. The van der Waals surface area contributed by atoms with Crippen LogP contribution in [0.25, 0.3) is 0 Å². The van der Waals surface area contributed by atoms with Crippen LogP contribution in [0.1, 0.15) is 5.56 Å². The van der Waals surface area contributed by atoms with Crippen LogP contribution < -0.4 is 10.6 Å². The van der Waals surface area contributed by atoms with E-state index < -0.39 is 33.2 Å². The van der Waals surface area contributed by atoms with Crippen LogP contribution in [0.5, 0.6) is 0 Å². The maximum atomic E-state index is 12.9. The van der Waals surface area contributed by atoms with Gasteiger partial charge in [0.1, 0.15) is 17.3 Å². The van der Waals surface area contributed by atoms with Crippen molar-refractivity contribution in [1.29, 1.82) is 5.26 Å². The predicted molar refractivity (Wildman–Crippen MR) is 95.5 cm³/mol. The molecule has 0 aliphatic rings. The van der Waals surface area contributed by atoms with Crippen molar-refractivity contribution in [3.63, 3.8) is 0 Å². The molecule has 144 valence electrons. The number of hydrogen-bond acceptors (Lipinski definition) is 5. The molecule has 28 heavy (non-hydrogen) atoms. The summed E-state index contributed by atoms with van der Waals surface area (Å²) in [7, 11) is 0. The largest absolute Gasteiger partial charge is 0.417 e. The summed E-state index contributed by atoms with van der Waals surface area (Å²) < 4.78 is 38.6. The predicted octanol–water partition coefficient (Wildman–Crippen LogP) is 4.73. The summed E-state index contributed by atoms with van der Waals surface area (Å²) in [6.07, 6.45) is -3.80. The van der Waals surface area contributed by atoms with Crippen LogP contribution in [-0.4, -0.2) is 10.8 Å². The van der Waals surface area contributed by atoms with E-state index in [0.29, 0.717) is 6.07 Å². The number of rotatable bonds is 5. The Morgan fingerprint density at radius 2 is 1.93 bits per heavy atom. The number of benzene rings is 2.